The van der Waals surface area contributed by atoms with Crippen molar-refractivity contribution in [2.24, 2.45) is 0 Å². The van der Waals surface area contributed by atoms with Crippen molar-refractivity contribution in [1.82, 2.24) is 14.9 Å². The molecule has 0 spiro atoms. The van der Waals surface area contributed by atoms with Crippen LogP contribution in [-0.2, 0) is 0 Å². The lowest BCUT2D eigenvalue weighted by Crippen LogP contribution is -2.31. The fraction of sp³-hybridized carbons (Fsp3) is 0.353. The molecule has 0 aliphatic carbocycles. The number of carbonyl (C=O) groups excluding carboxylic acids is 1. The van der Waals surface area contributed by atoms with Gasteiger partial charge < -0.3 is 9.64 Å². The van der Waals surface area contributed by atoms with Gasteiger partial charge in [-0.2, -0.15) is 0 Å². The lowest BCUT2D eigenvalue weighted by molar-refractivity contribution is 0.0729. The fourth-order valence-corrected chi connectivity index (χ4v) is 2.87. The van der Waals surface area contributed by atoms with Crippen molar-refractivity contribution in [3.63, 3.8) is 0 Å². The molecule has 0 radical (unpaired) electrons. The summed E-state index contributed by atoms with van der Waals surface area (Å²) in [6.45, 7) is 3.37. The van der Waals surface area contributed by atoms with Crippen molar-refractivity contribution < 1.29 is 9.53 Å². The fourth-order valence-electron chi connectivity index (χ4n) is 2.87. The molecule has 1 aliphatic rings. The summed E-state index contributed by atoms with van der Waals surface area (Å²) >= 11 is 0. The first kappa shape index (κ1) is 14.5. The second-order valence-corrected chi connectivity index (χ2v) is 5.25. The van der Waals surface area contributed by atoms with E-state index < -0.39 is 0 Å². The zero-order valence-electron chi connectivity index (χ0n) is 12.6. The molecular weight excluding hydrogens is 278 g/mol. The molecule has 1 aliphatic heterocycles. The van der Waals surface area contributed by atoms with Crippen LogP contribution in [0.25, 0.3) is 0 Å². The summed E-state index contributed by atoms with van der Waals surface area (Å²) in [5.74, 6) is 0.806. The average molecular weight is 297 g/mol. The Kier molecular flexibility index (Phi) is 4.32. The number of amides is 1. The van der Waals surface area contributed by atoms with Gasteiger partial charge in [-0.1, -0.05) is 12.1 Å². The van der Waals surface area contributed by atoms with Crippen LogP contribution in [0.5, 0.6) is 5.75 Å². The third kappa shape index (κ3) is 2.93. The topological polar surface area (TPSA) is 55.3 Å². The Labute approximate surface area is 130 Å². The SMILES string of the molecule is CCOc1ccc(C2CCCN2C(=O)c2cnccn2)cc1. The van der Waals surface area contributed by atoms with Gasteiger partial charge in [0.2, 0.25) is 0 Å². The number of nitrogens with zero attached hydrogens (tertiary/aromatic N) is 3. The highest BCUT2D eigenvalue weighted by Crippen LogP contribution is 2.33. The van der Waals surface area contributed by atoms with Crippen molar-refractivity contribution in [2.75, 3.05) is 13.2 Å². The number of ether oxygens (including phenoxy) is 1. The molecule has 1 aromatic carbocycles. The second kappa shape index (κ2) is 6.56. The normalized spacial score (nSPS) is 17.5. The Morgan fingerprint density at radius 3 is 2.82 bits per heavy atom. The van der Waals surface area contributed by atoms with Gasteiger partial charge in [0.25, 0.3) is 5.91 Å². The van der Waals surface area contributed by atoms with E-state index in [4.69, 9.17) is 4.74 Å². The van der Waals surface area contributed by atoms with Gasteiger partial charge >= 0.3 is 0 Å². The van der Waals surface area contributed by atoms with Crippen LogP contribution < -0.4 is 4.74 Å². The molecule has 3 rings (SSSR count). The van der Waals surface area contributed by atoms with Gasteiger partial charge in [0.05, 0.1) is 18.8 Å². The Balaban J connectivity index is 1.79. The summed E-state index contributed by atoms with van der Waals surface area (Å²) in [7, 11) is 0. The summed E-state index contributed by atoms with van der Waals surface area (Å²) in [6, 6.07) is 8.10. The summed E-state index contributed by atoms with van der Waals surface area (Å²) in [4.78, 5) is 22.6. The van der Waals surface area contributed by atoms with Gasteiger partial charge in [-0.3, -0.25) is 9.78 Å². The number of likely N-dealkylation sites (tertiary alicyclic amines) is 1. The van der Waals surface area contributed by atoms with Crippen LogP contribution in [0.2, 0.25) is 0 Å². The summed E-state index contributed by atoms with van der Waals surface area (Å²) in [5, 5.41) is 0. The molecule has 0 bridgehead atoms. The average Bonchev–Trinajstić information content (AvgIpc) is 3.05. The highest BCUT2D eigenvalue weighted by Gasteiger charge is 2.31. The predicted molar refractivity (Wildman–Crippen MR) is 82.7 cm³/mol. The van der Waals surface area contributed by atoms with E-state index in [-0.39, 0.29) is 11.9 Å². The van der Waals surface area contributed by atoms with E-state index in [0.717, 1.165) is 30.7 Å². The molecular formula is C17H19N3O2. The Morgan fingerprint density at radius 1 is 1.32 bits per heavy atom. The third-order valence-electron chi connectivity index (χ3n) is 3.87. The predicted octanol–water partition coefficient (Wildman–Crippen LogP) is 2.85. The van der Waals surface area contributed by atoms with Crippen LogP contribution in [0.15, 0.2) is 42.9 Å². The molecule has 5 heteroatoms. The maximum Gasteiger partial charge on any atom is 0.274 e. The van der Waals surface area contributed by atoms with Crippen molar-refractivity contribution in [2.45, 2.75) is 25.8 Å². The van der Waals surface area contributed by atoms with Crippen LogP contribution in [-0.4, -0.2) is 33.9 Å². The van der Waals surface area contributed by atoms with E-state index in [1.807, 2.05) is 36.1 Å². The number of carbonyl (C=O) groups is 1. The van der Waals surface area contributed by atoms with E-state index in [9.17, 15) is 4.79 Å². The van der Waals surface area contributed by atoms with Crippen molar-refractivity contribution in [1.29, 1.82) is 0 Å². The number of hydrogen-bond acceptors (Lipinski definition) is 4. The minimum Gasteiger partial charge on any atom is -0.494 e. The van der Waals surface area contributed by atoms with E-state index in [1.165, 1.54) is 6.20 Å². The number of hydrogen-bond donors (Lipinski definition) is 0. The highest BCUT2D eigenvalue weighted by atomic mass is 16.5. The zero-order valence-corrected chi connectivity index (χ0v) is 12.6. The molecule has 2 heterocycles. The van der Waals surface area contributed by atoms with Crippen LogP contribution in [0.3, 0.4) is 0 Å². The lowest BCUT2D eigenvalue weighted by atomic mass is 10.0. The van der Waals surface area contributed by atoms with Gasteiger partial charge in [0, 0.05) is 18.9 Å². The minimum absolute atomic E-state index is 0.0514. The quantitative estimate of drug-likeness (QED) is 0.870. The number of benzene rings is 1. The summed E-state index contributed by atoms with van der Waals surface area (Å²) < 4.78 is 5.47. The second-order valence-electron chi connectivity index (χ2n) is 5.25. The summed E-state index contributed by atoms with van der Waals surface area (Å²) in [5.41, 5.74) is 1.54. The maximum atomic E-state index is 12.6. The van der Waals surface area contributed by atoms with E-state index in [2.05, 4.69) is 9.97 Å². The molecule has 1 aromatic heterocycles. The smallest absolute Gasteiger partial charge is 0.274 e. The first-order chi connectivity index (χ1) is 10.8. The Bertz CT molecular complexity index is 628. The standard InChI is InChI=1S/C17H19N3O2/c1-2-22-14-7-5-13(6-8-14)16-4-3-11-20(16)17(21)15-12-18-9-10-19-15/h5-10,12,16H,2-4,11H2,1H3. The van der Waals surface area contributed by atoms with E-state index in [0.29, 0.717) is 12.3 Å². The summed E-state index contributed by atoms with van der Waals surface area (Å²) in [6.07, 6.45) is 6.62. The van der Waals surface area contributed by atoms with Crippen molar-refractivity contribution in [3.05, 3.63) is 54.1 Å². The first-order valence-corrected chi connectivity index (χ1v) is 7.59. The van der Waals surface area contributed by atoms with Gasteiger partial charge in [-0.05, 0) is 37.5 Å². The highest BCUT2D eigenvalue weighted by molar-refractivity contribution is 5.92. The van der Waals surface area contributed by atoms with Crippen LogP contribution >= 0.6 is 0 Å². The van der Waals surface area contributed by atoms with E-state index in [1.54, 1.807) is 12.4 Å². The van der Waals surface area contributed by atoms with Crippen LogP contribution in [0.4, 0.5) is 0 Å². The van der Waals surface area contributed by atoms with E-state index >= 15 is 0 Å². The molecule has 0 saturated carbocycles. The molecule has 5 nitrogen and oxygen atoms in total. The first-order valence-electron chi connectivity index (χ1n) is 7.59. The Hall–Kier alpha value is -2.43. The molecule has 1 unspecified atom stereocenters. The molecule has 2 aromatic rings. The van der Waals surface area contributed by atoms with Crippen LogP contribution in [0, 0.1) is 0 Å². The lowest BCUT2D eigenvalue weighted by Gasteiger charge is -2.24. The van der Waals surface area contributed by atoms with Gasteiger partial charge in [0.1, 0.15) is 11.4 Å². The number of rotatable bonds is 4. The van der Waals surface area contributed by atoms with Gasteiger partial charge in [-0.15, -0.1) is 0 Å². The molecule has 1 amide bonds. The minimum atomic E-state index is -0.0514. The molecule has 114 valence electrons. The molecule has 22 heavy (non-hydrogen) atoms. The maximum absolute atomic E-state index is 12.6. The van der Waals surface area contributed by atoms with Crippen LogP contribution in [0.1, 0.15) is 41.9 Å². The number of aromatic nitrogens is 2. The van der Waals surface area contributed by atoms with Crippen molar-refractivity contribution in [3.8, 4) is 5.75 Å². The van der Waals surface area contributed by atoms with Gasteiger partial charge in [-0.25, -0.2) is 4.98 Å². The third-order valence-corrected chi connectivity index (χ3v) is 3.87. The molecule has 0 N–H and O–H groups in total. The largest absolute Gasteiger partial charge is 0.494 e. The zero-order chi connectivity index (χ0) is 15.4. The molecule has 1 saturated heterocycles. The van der Waals surface area contributed by atoms with Gasteiger partial charge in [0.15, 0.2) is 0 Å². The molecule has 1 atom stereocenters. The molecule has 1 fully saturated rings. The monoisotopic (exact) mass is 297 g/mol. The Morgan fingerprint density at radius 2 is 2.14 bits per heavy atom. The van der Waals surface area contributed by atoms with Crippen molar-refractivity contribution >= 4 is 5.91 Å².